The summed E-state index contributed by atoms with van der Waals surface area (Å²) in [5.41, 5.74) is -0.487. The van der Waals surface area contributed by atoms with Gasteiger partial charge in [0.1, 0.15) is 0 Å². The Morgan fingerprint density at radius 2 is 2.18 bits per heavy atom. The fraction of sp³-hybridized carbons (Fsp3) is 1.00. The van der Waals surface area contributed by atoms with Crippen molar-refractivity contribution in [2.45, 2.75) is 45.3 Å². The van der Waals surface area contributed by atoms with Gasteiger partial charge in [-0.3, -0.25) is 0 Å². The molecule has 0 amide bonds. The maximum atomic E-state index is 13.0. The van der Waals surface area contributed by atoms with E-state index in [1.807, 2.05) is 13.8 Å². The zero-order valence-corrected chi connectivity index (χ0v) is 7.17. The number of hydrogen-bond donors (Lipinski definition) is 1. The summed E-state index contributed by atoms with van der Waals surface area (Å²) in [6.45, 7) is 5.53. The van der Waals surface area contributed by atoms with Crippen molar-refractivity contribution < 1.29 is 14.2 Å². The number of rotatable bonds is 1. The van der Waals surface area contributed by atoms with Gasteiger partial charge in [-0.15, -0.1) is 0 Å². The van der Waals surface area contributed by atoms with Crippen LogP contribution in [0.3, 0.4) is 0 Å². The lowest BCUT2D eigenvalue weighted by Gasteiger charge is -2.25. The molecule has 1 heterocycles. The zero-order chi connectivity index (χ0) is 8.65. The monoisotopic (exact) mass is 162 g/mol. The van der Waals surface area contributed by atoms with Gasteiger partial charge in [0.2, 0.25) is 0 Å². The maximum absolute atomic E-state index is 13.0. The summed E-state index contributed by atoms with van der Waals surface area (Å²) in [6, 6.07) is 0. The maximum Gasteiger partial charge on any atom is 0.187 e. The van der Waals surface area contributed by atoms with E-state index in [9.17, 15) is 4.39 Å². The average Bonchev–Trinajstić information content (AvgIpc) is 2.17. The van der Waals surface area contributed by atoms with Gasteiger partial charge >= 0.3 is 0 Å². The van der Waals surface area contributed by atoms with Crippen LogP contribution < -0.4 is 0 Å². The van der Waals surface area contributed by atoms with E-state index in [1.165, 1.54) is 0 Å². The first-order valence-corrected chi connectivity index (χ1v) is 4.01. The minimum atomic E-state index is -1.24. The lowest BCUT2D eigenvalue weighted by atomic mass is 9.87. The molecule has 0 spiro atoms. The predicted molar refractivity (Wildman–Crippen MR) is 39.8 cm³/mol. The van der Waals surface area contributed by atoms with Gasteiger partial charge in [-0.2, -0.15) is 0 Å². The van der Waals surface area contributed by atoms with E-state index < -0.39 is 18.1 Å². The van der Waals surface area contributed by atoms with E-state index in [1.54, 1.807) is 6.92 Å². The van der Waals surface area contributed by atoms with Crippen molar-refractivity contribution >= 4 is 0 Å². The summed E-state index contributed by atoms with van der Waals surface area (Å²) in [7, 11) is 0. The number of hydrogen-bond acceptors (Lipinski definition) is 2. The molecule has 0 aromatic heterocycles. The van der Waals surface area contributed by atoms with Gasteiger partial charge in [-0.25, -0.2) is 4.39 Å². The van der Waals surface area contributed by atoms with E-state index in [2.05, 4.69) is 0 Å². The Hall–Kier alpha value is -0.150. The summed E-state index contributed by atoms with van der Waals surface area (Å²) < 4.78 is 18.1. The Labute approximate surface area is 66.4 Å². The zero-order valence-electron chi connectivity index (χ0n) is 7.17. The van der Waals surface area contributed by atoms with E-state index in [4.69, 9.17) is 9.84 Å². The van der Waals surface area contributed by atoms with Crippen LogP contribution in [-0.2, 0) is 4.74 Å². The number of aliphatic hydroxyl groups excluding tert-OH is 1. The number of aliphatic hydroxyl groups is 1. The molecule has 0 aromatic rings. The molecule has 0 bridgehead atoms. The first-order valence-electron chi connectivity index (χ1n) is 4.01. The fourth-order valence-corrected chi connectivity index (χ4v) is 1.44. The van der Waals surface area contributed by atoms with Crippen LogP contribution in [0.2, 0.25) is 0 Å². The summed E-state index contributed by atoms with van der Waals surface area (Å²) in [6.07, 6.45) is -1.74. The van der Waals surface area contributed by atoms with Crippen molar-refractivity contribution in [3.8, 4) is 0 Å². The summed E-state index contributed by atoms with van der Waals surface area (Å²) in [5.74, 6) is -0.220. The molecule has 0 aromatic carbocycles. The summed E-state index contributed by atoms with van der Waals surface area (Å²) in [5, 5.41) is 9.04. The van der Waals surface area contributed by atoms with Crippen molar-refractivity contribution in [3.05, 3.63) is 0 Å². The normalized spacial score (nSPS) is 51.5. The van der Waals surface area contributed by atoms with E-state index >= 15 is 0 Å². The van der Waals surface area contributed by atoms with Crippen LogP contribution in [0, 0.1) is 5.92 Å². The highest BCUT2D eigenvalue weighted by atomic mass is 19.1. The third kappa shape index (κ3) is 1.27. The van der Waals surface area contributed by atoms with E-state index in [-0.39, 0.29) is 5.92 Å². The van der Waals surface area contributed by atoms with Crippen LogP contribution >= 0.6 is 0 Å². The van der Waals surface area contributed by atoms with Crippen LogP contribution in [0.1, 0.15) is 27.2 Å². The molecule has 1 unspecified atom stereocenters. The molecular formula is C8H15FO2. The first-order chi connectivity index (χ1) is 5.01. The Bertz CT molecular complexity index is 151. The van der Waals surface area contributed by atoms with Gasteiger partial charge in [0.05, 0.1) is 5.60 Å². The standard InChI is InChI=1S/C8H15FO2/c1-4-8(3)5(2)6(9)7(10)11-8/h5-7,10H,4H2,1-3H3/t5-,6+,7?,8+/m0/s1. The average molecular weight is 162 g/mol. The van der Waals surface area contributed by atoms with Crippen LogP contribution in [0.5, 0.6) is 0 Å². The van der Waals surface area contributed by atoms with Crippen molar-refractivity contribution in [1.82, 2.24) is 0 Å². The second-order valence-corrected chi connectivity index (χ2v) is 3.41. The summed E-state index contributed by atoms with van der Waals surface area (Å²) in [4.78, 5) is 0. The first kappa shape index (κ1) is 8.94. The van der Waals surface area contributed by atoms with Gasteiger partial charge in [-0.1, -0.05) is 13.8 Å². The molecule has 0 saturated carbocycles. The highest BCUT2D eigenvalue weighted by molar-refractivity contribution is 4.92. The number of halogens is 1. The third-order valence-corrected chi connectivity index (χ3v) is 2.81. The smallest absolute Gasteiger partial charge is 0.187 e. The lowest BCUT2D eigenvalue weighted by Crippen LogP contribution is -2.31. The fourth-order valence-electron chi connectivity index (χ4n) is 1.44. The highest BCUT2D eigenvalue weighted by Crippen LogP contribution is 2.38. The molecule has 1 rings (SSSR count). The second-order valence-electron chi connectivity index (χ2n) is 3.41. The Balaban J connectivity index is 2.73. The van der Waals surface area contributed by atoms with E-state index in [0.29, 0.717) is 0 Å². The Kier molecular flexibility index (Phi) is 2.21. The van der Waals surface area contributed by atoms with Crippen LogP contribution in [0.25, 0.3) is 0 Å². The van der Waals surface area contributed by atoms with Crippen LogP contribution in [-0.4, -0.2) is 23.2 Å². The molecule has 4 atom stereocenters. The molecule has 1 N–H and O–H groups in total. The van der Waals surface area contributed by atoms with Crippen molar-refractivity contribution in [1.29, 1.82) is 0 Å². The molecular weight excluding hydrogens is 147 g/mol. The SMILES string of the molecule is CC[C@@]1(C)OC(O)[C@H](F)[C@@H]1C. The largest absolute Gasteiger partial charge is 0.366 e. The Morgan fingerprint density at radius 1 is 1.64 bits per heavy atom. The predicted octanol–water partition coefficient (Wildman–Crippen LogP) is 1.48. The number of alkyl halides is 1. The quantitative estimate of drug-likeness (QED) is 0.632. The molecule has 2 nitrogen and oxygen atoms in total. The van der Waals surface area contributed by atoms with Crippen molar-refractivity contribution in [3.63, 3.8) is 0 Å². The van der Waals surface area contributed by atoms with Crippen molar-refractivity contribution in [2.75, 3.05) is 0 Å². The second kappa shape index (κ2) is 2.72. The molecule has 3 heteroatoms. The van der Waals surface area contributed by atoms with Crippen molar-refractivity contribution in [2.24, 2.45) is 5.92 Å². The molecule has 0 aliphatic carbocycles. The van der Waals surface area contributed by atoms with Gasteiger partial charge in [-0.05, 0) is 13.3 Å². The minimum absolute atomic E-state index is 0.220. The highest BCUT2D eigenvalue weighted by Gasteiger charge is 2.48. The lowest BCUT2D eigenvalue weighted by molar-refractivity contribution is -0.146. The van der Waals surface area contributed by atoms with Gasteiger partial charge < -0.3 is 9.84 Å². The molecule has 1 aliphatic rings. The molecule has 66 valence electrons. The van der Waals surface area contributed by atoms with Gasteiger partial charge in [0.15, 0.2) is 12.5 Å². The molecule has 0 radical (unpaired) electrons. The Morgan fingerprint density at radius 3 is 2.36 bits per heavy atom. The molecule has 11 heavy (non-hydrogen) atoms. The molecule has 1 fully saturated rings. The van der Waals surface area contributed by atoms with Crippen LogP contribution in [0.15, 0.2) is 0 Å². The minimum Gasteiger partial charge on any atom is -0.366 e. The third-order valence-electron chi connectivity index (χ3n) is 2.81. The van der Waals surface area contributed by atoms with Gasteiger partial charge in [0.25, 0.3) is 0 Å². The molecule has 1 aliphatic heterocycles. The number of ether oxygens (including phenoxy) is 1. The van der Waals surface area contributed by atoms with E-state index in [0.717, 1.165) is 6.42 Å². The summed E-state index contributed by atoms with van der Waals surface area (Å²) >= 11 is 0. The van der Waals surface area contributed by atoms with Gasteiger partial charge in [0, 0.05) is 5.92 Å². The molecule has 1 saturated heterocycles. The van der Waals surface area contributed by atoms with Crippen LogP contribution in [0.4, 0.5) is 4.39 Å². The topological polar surface area (TPSA) is 29.5 Å².